The van der Waals surface area contributed by atoms with Crippen LogP contribution in [0, 0.1) is 5.41 Å². The summed E-state index contributed by atoms with van der Waals surface area (Å²) >= 11 is 0. The van der Waals surface area contributed by atoms with Gasteiger partial charge in [0.05, 0.1) is 58.3 Å². The predicted octanol–water partition coefficient (Wildman–Crippen LogP) is 5.77. The van der Waals surface area contributed by atoms with Gasteiger partial charge in [-0.25, -0.2) is 0 Å². The fourth-order valence-corrected chi connectivity index (χ4v) is 7.06. The Morgan fingerprint density at radius 2 is 0.464 bits per heavy atom. The third kappa shape index (κ3) is 47.1. The highest BCUT2D eigenvalue weighted by atomic mass is 16.5. The van der Waals surface area contributed by atoms with Gasteiger partial charge in [0.15, 0.2) is 0 Å². The Hall–Kier alpha value is -4.40. The van der Waals surface area contributed by atoms with Crippen LogP contribution in [-0.4, -0.2) is 147 Å². The summed E-state index contributed by atoms with van der Waals surface area (Å²) in [7, 11) is 0. The summed E-state index contributed by atoms with van der Waals surface area (Å²) in [5.41, 5.74) is -0.956. The van der Waals surface area contributed by atoms with E-state index in [0.29, 0.717) is 51.9 Å². The quantitative estimate of drug-likeness (QED) is 0.0336. The summed E-state index contributed by atoms with van der Waals surface area (Å²) in [6.45, 7) is 2.41. The molecule has 4 amide bonds. The Morgan fingerprint density at radius 3 is 0.667 bits per heavy atom. The fourth-order valence-electron chi connectivity index (χ4n) is 7.06. The summed E-state index contributed by atoms with van der Waals surface area (Å²) in [5.74, 6) is -3.97. The number of carbonyl (C=O) groups excluding carboxylic acids is 4. The summed E-state index contributed by atoms with van der Waals surface area (Å²) in [6, 6.07) is 0. The smallest absolute Gasteiger partial charge is 0.303 e. The Labute approximate surface area is 409 Å². The van der Waals surface area contributed by atoms with E-state index in [-0.39, 0.29) is 128 Å². The molecule has 0 aliphatic heterocycles. The minimum Gasteiger partial charge on any atom is -0.481 e. The highest BCUT2D eigenvalue weighted by Crippen LogP contribution is 2.22. The van der Waals surface area contributed by atoms with Gasteiger partial charge in [-0.2, -0.15) is 0 Å². The second-order valence-electron chi connectivity index (χ2n) is 17.8. The summed E-state index contributed by atoms with van der Waals surface area (Å²) in [6.07, 6.45) is 16.9. The van der Waals surface area contributed by atoms with Crippen LogP contribution in [0.25, 0.3) is 0 Å². The van der Waals surface area contributed by atoms with Gasteiger partial charge in [-0.15, -0.1) is 0 Å². The van der Waals surface area contributed by atoms with Crippen LogP contribution in [0.2, 0.25) is 0 Å². The molecule has 0 aromatic heterocycles. The van der Waals surface area contributed by atoms with E-state index in [1.807, 2.05) is 0 Å². The molecule has 20 heteroatoms. The Kier molecular flexibility index (Phi) is 43.1. The van der Waals surface area contributed by atoms with Gasteiger partial charge in [0, 0.05) is 77.5 Å². The van der Waals surface area contributed by atoms with E-state index in [1.165, 1.54) is 0 Å². The Bertz CT molecular complexity index is 1200. The van der Waals surface area contributed by atoms with E-state index in [9.17, 15) is 38.4 Å². The van der Waals surface area contributed by atoms with Crippen LogP contribution in [-0.2, 0) is 57.3 Å². The fraction of sp³-hybridized carbons (Fsp3) is 0.837. The van der Waals surface area contributed by atoms with Gasteiger partial charge in [0.1, 0.15) is 0 Å². The summed E-state index contributed by atoms with van der Waals surface area (Å²) in [4.78, 5) is 93.3. The molecule has 0 unspecified atom stereocenters. The van der Waals surface area contributed by atoms with Crippen molar-refractivity contribution in [2.75, 3.05) is 79.0 Å². The number of hydrogen-bond acceptors (Lipinski definition) is 12. The van der Waals surface area contributed by atoms with Crippen molar-refractivity contribution in [3.8, 4) is 0 Å². The normalized spacial score (nSPS) is 11.2. The molecule has 0 aliphatic rings. The van der Waals surface area contributed by atoms with Crippen LogP contribution in [0.4, 0.5) is 0 Å². The van der Waals surface area contributed by atoms with Crippen molar-refractivity contribution in [1.82, 2.24) is 21.3 Å². The number of aliphatic carboxylic acids is 4. The molecule has 0 aromatic rings. The highest BCUT2D eigenvalue weighted by Gasteiger charge is 2.33. The lowest BCUT2D eigenvalue weighted by Crippen LogP contribution is -2.43. The first-order valence-electron chi connectivity index (χ1n) is 25.5. The number of ether oxygens (including phenoxy) is 4. The van der Waals surface area contributed by atoms with Gasteiger partial charge in [-0.05, 0) is 51.4 Å². The molecule has 0 spiro atoms. The second kappa shape index (κ2) is 46.0. The molecule has 0 fully saturated rings. The highest BCUT2D eigenvalue weighted by molar-refractivity contribution is 5.77. The van der Waals surface area contributed by atoms with E-state index < -0.39 is 29.3 Å². The second-order valence-corrected chi connectivity index (χ2v) is 17.8. The molecule has 0 bridgehead atoms. The summed E-state index contributed by atoms with van der Waals surface area (Å²) in [5, 5.41) is 46.7. The predicted molar refractivity (Wildman–Crippen MR) is 258 cm³/mol. The van der Waals surface area contributed by atoms with Crippen molar-refractivity contribution in [3.63, 3.8) is 0 Å². The van der Waals surface area contributed by atoms with E-state index in [1.54, 1.807) is 0 Å². The zero-order chi connectivity index (χ0) is 51.1. The van der Waals surface area contributed by atoms with Crippen molar-refractivity contribution in [1.29, 1.82) is 0 Å². The van der Waals surface area contributed by atoms with Gasteiger partial charge >= 0.3 is 23.9 Å². The maximum atomic E-state index is 12.6. The number of carboxylic acids is 4. The molecule has 0 atom stereocenters. The average Bonchev–Trinajstić information content (AvgIpc) is 3.29. The third-order valence-electron chi connectivity index (χ3n) is 11.1. The monoisotopic (exact) mass is 989 g/mol. The van der Waals surface area contributed by atoms with E-state index >= 15 is 0 Å². The number of hydrogen-bond donors (Lipinski definition) is 8. The van der Waals surface area contributed by atoms with Crippen LogP contribution < -0.4 is 21.3 Å². The number of nitrogens with one attached hydrogen (secondary N) is 4. The van der Waals surface area contributed by atoms with Crippen molar-refractivity contribution < 1.29 is 77.7 Å². The number of unbranched alkanes of at least 4 members (excludes halogenated alkanes) is 16. The number of amides is 4. The minimum absolute atomic E-state index is 0.0343. The topological polar surface area (TPSA) is 303 Å². The standard InChI is InChI=1S/C49H88N4O16/c54-41(50-29-17-9-1-5-13-21-45(58)59)25-33-66-37-49(38-67-34-26-42(55)51-30-18-10-2-6-14-22-46(60)61,39-68-35-27-43(56)52-31-19-11-3-7-15-23-47(62)63)40-69-36-28-44(57)53-32-20-12-4-8-16-24-48(64)65/h1-40H2,(H,50,54)(H,51,55)(H,52,56)(H,53,57)(H,58,59)(H,60,61)(H,62,63)(H,64,65). The first-order valence-corrected chi connectivity index (χ1v) is 25.5. The van der Waals surface area contributed by atoms with Gasteiger partial charge in [0.2, 0.25) is 23.6 Å². The van der Waals surface area contributed by atoms with Crippen LogP contribution in [0.5, 0.6) is 0 Å². The molecule has 0 radical (unpaired) electrons. The van der Waals surface area contributed by atoms with Gasteiger partial charge < -0.3 is 60.6 Å². The molecule has 0 heterocycles. The van der Waals surface area contributed by atoms with Gasteiger partial charge in [-0.1, -0.05) is 77.0 Å². The average molecular weight is 989 g/mol. The molecular formula is C49H88N4O16. The largest absolute Gasteiger partial charge is 0.481 e. The van der Waals surface area contributed by atoms with Crippen molar-refractivity contribution in [3.05, 3.63) is 0 Å². The third-order valence-corrected chi connectivity index (χ3v) is 11.1. The molecule has 0 saturated carbocycles. The SMILES string of the molecule is O=C(O)CCCCCCCNC(=O)CCOCC(COCCC(=O)NCCCCCCCC(=O)O)(COCCC(=O)NCCCCCCCC(=O)O)COCCC(=O)NCCCCCCCC(=O)O. The molecule has 0 aromatic carbocycles. The lowest BCUT2D eigenvalue weighted by atomic mass is 9.92. The van der Waals surface area contributed by atoms with Crippen LogP contribution >= 0.6 is 0 Å². The Balaban J connectivity index is 5.40. The first kappa shape index (κ1) is 64.6. The number of rotatable bonds is 52. The number of carbonyl (C=O) groups is 8. The molecule has 400 valence electrons. The van der Waals surface area contributed by atoms with Crippen LogP contribution in [0.15, 0.2) is 0 Å². The van der Waals surface area contributed by atoms with Crippen LogP contribution in [0.3, 0.4) is 0 Å². The number of carboxylic acid groups (broad SMARTS) is 4. The Morgan fingerprint density at radius 1 is 0.275 bits per heavy atom. The van der Waals surface area contributed by atoms with E-state index in [0.717, 1.165) is 103 Å². The maximum Gasteiger partial charge on any atom is 0.303 e. The first-order chi connectivity index (χ1) is 33.2. The van der Waals surface area contributed by atoms with Crippen molar-refractivity contribution in [2.24, 2.45) is 5.41 Å². The van der Waals surface area contributed by atoms with E-state index in [4.69, 9.17) is 39.4 Å². The molecule has 0 aliphatic carbocycles. The van der Waals surface area contributed by atoms with Gasteiger partial charge in [0.25, 0.3) is 0 Å². The summed E-state index contributed by atoms with van der Waals surface area (Å²) < 4.78 is 24.2. The zero-order valence-electron chi connectivity index (χ0n) is 41.5. The lowest BCUT2D eigenvalue weighted by Gasteiger charge is -2.33. The molecule has 0 rings (SSSR count). The van der Waals surface area contributed by atoms with E-state index in [2.05, 4.69) is 21.3 Å². The van der Waals surface area contributed by atoms with Gasteiger partial charge in [-0.3, -0.25) is 38.4 Å². The molecule has 20 nitrogen and oxygen atoms in total. The molecular weight excluding hydrogens is 901 g/mol. The van der Waals surface area contributed by atoms with Crippen molar-refractivity contribution >= 4 is 47.5 Å². The van der Waals surface area contributed by atoms with Crippen molar-refractivity contribution in [2.45, 2.75) is 180 Å². The van der Waals surface area contributed by atoms with Crippen LogP contribution in [0.1, 0.15) is 180 Å². The maximum absolute atomic E-state index is 12.6. The minimum atomic E-state index is -0.956. The molecule has 0 saturated heterocycles. The molecule has 69 heavy (non-hydrogen) atoms. The lowest BCUT2D eigenvalue weighted by molar-refractivity contribution is -0.138. The zero-order valence-corrected chi connectivity index (χ0v) is 41.5. The molecule has 8 N–H and O–H groups in total.